The Kier molecular flexibility index (Phi) is 1.78. The number of amides is 1. The van der Waals surface area contributed by atoms with E-state index in [1.54, 1.807) is 4.90 Å². The highest BCUT2D eigenvalue weighted by molar-refractivity contribution is 5.78. The standard InChI is InChI=1S/C9H13NO3/c1-5(11)10-6-2-3-8(10)7(4-6)9(12)13/h6-8H,2-4H2,1H3,(H,12,13). The van der Waals surface area contributed by atoms with E-state index in [9.17, 15) is 9.59 Å². The fraction of sp³-hybridized carbons (Fsp3) is 0.778. The molecule has 2 fully saturated rings. The number of fused-ring (bicyclic) bond motifs is 2. The first-order valence-corrected chi connectivity index (χ1v) is 4.63. The van der Waals surface area contributed by atoms with E-state index in [4.69, 9.17) is 5.11 Å². The molecule has 0 aromatic carbocycles. The van der Waals surface area contributed by atoms with E-state index >= 15 is 0 Å². The maximum Gasteiger partial charge on any atom is 0.308 e. The minimum Gasteiger partial charge on any atom is -0.481 e. The first-order chi connectivity index (χ1) is 6.11. The van der Waals surface area contributed by atoms with Crippen molar-refractivity contribution in [2.45, 2.75) is 38.3 Å². The van der Waals surface area contributed by atoms with Crippen molar-refractivity contribution in [3.05, 3.63) is 0 Å². The van der Waals surface area contributed by atoms with Crippen LogP contribution in [0.3, 0.4) is 0 Å². The average molecular weight is 183 g/mol. The van der Waals surface area contributed by atoms with Crippen molar-refractivity contribution in [3.8, 4) is 0 Å². The molecule has 4 nitrogen and oxygen atoms in total. The second-order valence-electron chi connectivity index (χ2n) is 3.91. The van der Waals surface area contributed by atoms with Crippen molar-refractivity contribution >= 4 is 11.9 Å². The van der Waals surface area contributed by atoms with Gasteiger partial charge in [-0.3, -0.25) is 9.59 Å². The lowest BCUT2D eigenvalue weighted by molar-refractivity contribution is -0.143. The van der Waals surface area contributed by atoms with Gasteiger partial charge in [0.2, 0.25) is 5.91 Å². The molecule has 0 aliphatic carbocycles. The van der Waals surface area contributed by atoms with Crippen LogP contribution in [-0.4, -0.2) is 34.0 Å². The Hall–Kier alpha value is -1.06. The molecule has 3 unspecified atom stereocenters. The number of rotatable bonds is 1. The molecule has 0 aromatic rings. The van der Waals surface area contributed by atoms with Gasteiger partial charge in [-0.05, 0) is 19.3 Å². The molecule has 1 amide bonds. The van der Waals surface area contributed by atoms with Gasteiger partial charge in [-0.15, -0.1) is 0 Å². The molecular formula is C9H13NO3. The van der Waals surface area contributed by atoms with Gasteiger partial charge < -0.3 is 10.0 Å². The number of hydrogen-bond acceptors (Lipinski definition) is 2. The number of carbonyl (C=O) groups is 2. The number of hydrogen-bond donors (Lipinski definition) is 1. The van der Waals surface area contributed by atoms with Crippen LogP contribution in [0.1, 0.15) is 26.2 Å². The quantitative estimate of drug-likeness (QED) is 0.643. The molecule has 2 rings (SSSR count). The van der Waals surface area contributed by atoms with Crippen LogP contribution < -0.4 is 0 Å². The Morgan fingerprint density at radius 2 is 2.08 bits per heavy atom. The van der Waals surface area contributed by atoms with Gasteiger partial charge in [0, 0.05) is 19.0 Å². The van der Waals surface area contributed by atoms with E-state index in [2.05, 4.69) is 0 Å². The molecule has 2 heterocycles. The molecule has 4 heteroatoms. The molecule has 3 atom stereocenters. The first kappa shape index (κ1) is 8.53. The second kappa shape index (κ2) is 2.72. The van der Waals surface area contributed by atoms with Crippen molar-refractivity contribution in [3.63, 3.8) is 0 Å². The van der Waals surface area contributed by atoms with Crippen molar-refractivity contribution in [1.82, 2.24) is 4.90 Å². The summed E-state index contributed by atoms with van der Waals surface area (Å²) in [6, 6.07) is 0.170. The Bertz CT molecular complexity index is 264. The largest absolute Gasteiger partial charge is 0.481 e. The van der Waals surface area contributed by atoms with Crippen LogP contribution in [0.25, 0.3) is 0 Å². The lowest BCUT2D eigenvalue weighted by Gasteiger charge is -2.20. The molecule has 72 valence electrons. The smallest absolute Gasteiger partial charge is 0.308 e. The Morgan fingerprint density at radius 1 is 1.38 bits per heavy atom. The molecule has 2 aliphatic rings. The van der Waals surface area contributed by atoms with Gasteiger partial charge in [0.25, 0.3) is 0 Å². The maximum atomic E-state index is 11.2. The van der Waals surface area contributed by atoms with Crippen LogP contribution >= 0.6 is 0 Å². The van der Waals surface area contributed by atoms with Gasteiger partial charge in [-0.2, -0.15) is 0 Å². The Morgan fingerprint density at radius 3 is 2.46 bits per heavy atom. The lowest BCUT2D eigenvalue weighted by atomic mass is 9.89. The summed E-state index contributed by atoms with van der Waals surface area (Å²) in [5, 5.41) is 8.90. The maximum absolute atomic E-state index is 11.2. The van der Waals surface area contributed by atoms with Crippen molar-refractivity contribution in [2.75, 3.05) is 0 Å². The van der Waals surface area contributed by atoms with Crippen LogP contribution in [0, 0.1) is 5.92 Å². The van der Waals surface area contributed by atoms with Gasteiger partial charge in [0.15, 0.2) is 0 Å². The minimum absolute atomic E-state index is 0.0243. The highest BCUT2D eigenvalue weighted by Crippen LogP contribution is 2.41. The molecule has 1 N–H and O–H groups in total. The monoisotopic (exact) mass is 183 g/mol. The van der Waals surface area contributed by atoms with Crippen LogP contribution in [0.5, 0.6) is 0 Å². The predicted octanol–water partition coefficient (Wildman–Crippen LogP) is 0.470. The zero-order valence-corrected chi connectivity index (χ0v) is 7.56. The van der Waals surface area contributed by atoms with Gasteiger partial charge in [0.05, 0.1) is 5.92 Å². The highest BCUT2D eigenvalue weighted by atomic mass is 16.4. The minimum atomic E-state index is -0.751. The van der Waals surface area contributed by atoms with Gasteiger partial charge in [0.1, 0.15) is 0 Å². The first-order valence-electron chi connectivity index (χ1n) is 4.63. The van der Waals surface area contributed by atoms with Crippen LogP contribution in [0.4, 0.5) is 0 Å². The van der Waals surface area contributed by atoms with Crippen molar-refractivity contribution < 1.29 is 14.7 Å². The fourth-order valence-corrected chi connectivity index (χ4v) is 2.74. The fourth-order valence-electron chi connectivity index (χ4n) is 2.74. The topological polar surface area (TPSA) is 57.6 Å². The lowest BCUT2D eigenvalue weighted by Crippen LogP contribution is -2.36. The Balaban J connectivity index is 2.19. The number of carboxylic acid groups (broad SMARTS) is 1. The highest BCUT2D eigenvalue weighted by Gasteiger charge is 2.50. The molecule has 0 spiro atoms. The number of aliphatic carboxylic acids is 1. The van der Waals surface area contributed by atoms with Crippen LogP contribution in [0.2, 0.25) is 0 Å². The average Bonchev–Trinajstić information content (AvgIpc) is 2.58. The normalized spacial score (nSPS) is 36.7. The van der Waals surface area contributed by atoms with E-state index < -0.39 is 5.97 Å². The van der Waals surface area contributed by atoms with E-state index in [-0.39, 0.29) is 23.9 Å². The molecule has 13 heavy (non-hydrogen) atoms. The summed E-state index contributed by atoms with van der Waals surface area (Å²) in [7, 11) is 0. The summed E-state index contributed by atoms with van der Waals surface area (Å²) in [5.41, 5.74) is 0. The van der Waals surface area contributed by atoms with Crippen LogP contribution in [0.15, 0.2) is 0 Å². The van der Waals surface area contributed by atoms with E-state index in [1.165, 1.54) is 6.92 Å². The summed E-state index contributed by atoms with van der Waals surface area (Å²) in [5.74, 6) is -1.04. The van der Waals surface area contributed by atoms with Gasteiger partial charge in [-0.1, -0.05) is 0 Å². The van der Waals surface area contributed by atoms with Crippen molar-refractivity contribution in [1.29, 1.82) is 0 Å². The molecular weight excluding hydrogens is 170 g/mol. The third-order valence-corrected chi connectivity index (χ3v) is 3.22. The van der Waals surface area contributed by atoms with Crippen molar-refractivity contribution in [2.24, 2.45) is 5.92 Å². The van der Waals surface area contributed by atoms with Gasteiger partial charge in [-0.25, -0.2) is 0 Å². The summed E-state index contributed by atoms with van der Waals surface area (Å²) in [4.78, 5) is 23.8. The zero-order valence-electron chi connectivity index (χ0n) is 7.56. The summed E-state index contributed by atoms with van der Waals surface area (Å²) < 4.78 is 0. The number of carbonyl (C=O) groups excluding carboxylic acids is 1. The summed E-state index contributed by atoms with van der Waals surface area (Å²) >= 11 is 0. The Labute approximate surface area is 76.5 Å². The predicted molar refractivity (Wildman–Crippen MR) is 45.1 cm³/mol. The van der Waals surface area contributed by atoms with E-state index in [1.807, 2.05) is 0 Å². The van der Waals surface area contributed by atoms with E-state index in [0.717, 1.165) is 12.8 Å². The third kappa shape index (κ3) is 1.12. The molecule has 2 aliphatic heterocycles. The molecule has 2 saturated heterocycles. The second-order valence-corrected chi connectivity index (χ2v) is 3.91. The molecule has 0 radical (unpaired) electrons. The zero-order chi connectivity index (χ0) is 9.59. The van der Waals surface area contributed by atoms with E-state index in [0.29, 0.717) is 6.42 Å². The summed E-state index contributed by atoms with van der Waals surface area (Å²) in [6.07, 6.45) is 2.49. The number of carboxylic acids is 1. The third-order valence-electron chi connectivity index (χ3n) is 3.22. The molecule has 0 saturated carbocycles. The van der Waals surface area contributed by atoms with Gasteiger partial charge >= 0.3 is 5.97 Å². The molecule has 0 aromatic heterocycles. The SMILES string of the molecule is CC(=O)N1C2CCC1C(C(=O)O)C2. The molecule has 2 bridgehead atoms. The van der Waals surface area contributed by atoms with Crippen LogP contribution in [-0.2, 0) is 9.59 Å². The number of nitrogens with zero attached hydrogens (tertiary/aromatic N) is 1. The summed E-state index contributed by atoms with van der Waals surface area (Å²) in [6.45, 7) is 1.52.